The van der Waals surface area contributed by atoms with Crippen LogP contribution < -0.4 is 10.7 Å². The van der Waals surface area contributed by atoms with Crippen LogP contribution in [0, 0.1) is 6.92 Å². The second-order valence-electron chi connectivity index (χ2n) is 10.4. The van der Waals surface area contributed by atoms with Crippen molar-refractivity contribution >= 4 is 34.5 Å². The molecule has 0 heterocycles. The monoisotopic (exact) mass is 552 g/mol. The van der Waals surface area contributed by atoms with E-state index < -0.39 is 18.1 Å². The van der Waals surface area contributed by atoms with Gasteiger partial charge in [0.2, 0.25) is 0 Å². The zero-order valence-electron chi connectivity index (χ0n) is 23.5. The Hall–Kier alpha value is -4.37. The number of benzene rings is 4. The van der Waals surface area contributed by atoms with Crippen LogP contribution in [0.5, 0.6) is 0 Å². The predicted octanol–water partition coefficient (Wildman–Crippen LogP) is 4.73. The number of carbonyl (C=O) groups is 2. The van der Waals surface area contributed by atoms with Gasteiger partial charge in [-0.05, 0) is 66.9 Å². The molecule has 212 valence electrons. The molecule has 4 N–H and O–H groups in total. The van der Waals surface area contributed by atoms with Crippen molar-refractivity contribution in [2.75, 3.05) is 18.4 Å². The van der Waals surface area contributed by atoms with E-state index in [0.29, 0.717) is 30.9 Å². The standard InChI is InChI=1S/C33H36N4O4/c1-22-11-13-25(14-12-22)18-34-36-33(41)30-16-27-8-4-5-9-28(27)17-31(30)35-32(40)29-10-6-7-26(15-29)21-37(19-23(2)38)20-24(3)39/h4-18,23-24,38-39H,19-21H2,1-3H3,(H,35,40)(H,36,41)/b34-18+. The number of fused-ring (bicyclic) bond motifs is 1. The summed E-state index contributed by atoms with van der Waals surface area (Å²) in [5, 5.41) is 28.5. The number of aliphatic hydroxyl groups excluding tert-OH is 2. The topological polar surface area (TPSA) is 114 Å². The molecule has 8 heteroatoms. The first kappa shape index (κ1) is 29.6. The van der Waals surface area contributed by atoms with Gasteiger partial charge in [-0.15, -0.1) is 0 Å². The van der Waals surface area contributed by atoms with E-state index in [1.165, 1.54) is 0 Å². The van der Waals surface area contributed by atoms with E-state index in [1.807, 2.05) is 66.4 Å². The lowest BCUT2D eigenvalue weighted by Crippen LogP contribution is -2.35. The summed E-state index contributed by atoms with van der Waals surface area (Å²) in [4.78, 5) is 28.5. The van der Waals surface area contributed by atoms with E-state index in [-0.39, 0.29) is 11.5 Å². The van der Waals surface area contributed by atoms with E-state index in [2.05, 4.69) is 15.8 Å². The van der Waals surface area contributed by atoms with Gasteiger partial charge in [-0.2, -0.15) is 5.10 Å². The van der Waals surface area contributed by atoms with Crippen LogP contribution >= 0.6 is 0 Å². The van der Waals surface area contributed by atoms with Gasteiger partial charge < -0.3 is 15.5 Å². The Morgan fingerprint density at radius 2 is 1.51 bits per heavy atom. The van der Waals surface area contributed by atoms with Crippen LogP contribution in [-0.2, 0) is 6.54 Å². The molecule has 4 aromatic carbocycles. The summed E-state index contributed by atoms with van der Waals surface area (Å²) in [7, 11) is 0. The quantitative estimate of drug-likeness (QED) is 0.159. The number of nitrogens with one attached hydrogen (secondary N) is 2. The summed E-state index contributed by atoms with van der Waals surface area (Å²) in [5.41, 5.74) is 6.50. The predicted molar refractivity (Wildman–Crippen MR) is 163 cm³/mol. The molecule has 4 aromatic rings. The van der Waals surface area contributed by atoms with Gasteiger partial charge >= 0.3 is 0 Å². The summed E-state index contributed by atoms with van der Waals surface area (Å²) in [5.74, 6) is -0.813. The van der Waals surface area contributed by atoms with Crippen molar-refractivity contribution in [1.29, 1.82) is 0 Å². The minimum atomic E-state index is -0.557. The maximum Gasteiger partial charge on any atom is 0.273 e. The number of hydrogen-bond acceptors (Lipinski definition) is 6. The van der Waals surface area contributed by atoms with E-state index in [4.69, 9.17) is 0 Å². The molecule has 0 spiro atoms. The molecular formula is C33H36N4O4. The summed E-state index contributed by atoms with van der Waals surface area (Å²) < 4.78 is 0. The van der Waals surface area contributed by atoms with Gasteiger partial charge in [-0.1, -0.05) is 66.2 Å². The average Bonchev–Trinajstić information content (AvgIpc) is 2.93. The molecule has 0 aliphatic rings. The Morgan fingerprint density at radius 3 is 2.17 bits per heavy atom. The van der Waals surface area contributed by atoms with Crippen molar-refractivity contribution in [3.63, 3.8) is 0 Å². The summed E-state index contributed by atoms with van der Waals surface area (Å²) in [6.07, 6.45) is 0.457. The van der Waals surface area contributed by atoms with Crippen molar-refractivity contribution < 1.29 is 19.8 Å². The van der Waals surface area contributed by atoms with Crippen molar-refractivity contribution in [1.82, 2.24) is 10.3 Å². The molecule has 41 heavy (non-hydrogen) atoms. The zero-order chi connectivity index (χ0) is 29.4. The molecule has 0 aliphatic carbocycles. The Kier molecular flexibility index (Phi) is 9.97. The number of anilines is 1. The highest BCUT2D eigenvalue weighted by atomic mass is 16.3. The molecule has 4 rings (SSSR count). The van der Waals surface area contributed by atoms with E-state index in [1.54, 1.807) is 50.4 Å². The Labute approximate surface area is 240 Å². The summed E-state index contributed by atoms with van der Waals surface area (Å²) in [6.45, 7) is 6.64. The van der Waals surface area contributed by atoms with E-state index in [9.17, 15) is 19.8 Å². The fourth-order valence-corrected chi connectivity index (χ4v) is 4.62. The Balaban J connectivity index is 1.55. The van der Waals surface area contributed by atoms with Gasteiger partial charge in [0, 0.05) is 25.2 Å². The number of rotatable bonds is 11. The van der Waals surface area contributed by atoms with Crippen LogP contribution in [-0.4, -0.2) is 58.4 Å². The SMILES string of the molecule is Cc1ccc(/C=N/NC(=O)c2cc3ccccc3cc2NC(=O)c2cccc(CN(CC(C)O)CC(C)O)c2)cc1. The van der Waals surface area contributed by atoms with Crippen LogP contribution in [0.15, 0.2) is 90.0 Å². The maximum atomic E-state index is 13.4. The molecule has 0 fully saturated rings. The van der Waals surface area contributed by atoms with Gasteiger partial charge in [0.05, 0.1) is 29.7 Å². The Morgan fingerprint density at radius 1 is 0.854 bits per heavy atom. The van der Waals surface area contributed by atoms with Gasteiger partial charge in [-0.3, -0.25) is 14.5 Å². The number of carbonyl (C=O) groups excluding carboxylic acids is 2. The lowest BCUT2D eigenvalue weighted by atomic mass is 10.0. The van der Waals surface area contributed by atoms with Crippen LogP contribution in [0.3, 0.4) is 0 Å². The first-order valence-electron chi connectivity index (χ1n) is 13.6. The number of aryl methyl sites for hydroxylation is 1. The molecule has 2 atom stereocenters. The highest BCUT2D eigenvalue weighted by molar-refractivity contribution is 6.11. The molecule has 0 saturated heterocycles. The number of aliphatic hydroxyl groups is 2. The number of hydrogen-bond donors (Lipinski definition) is 4. The molecule has 0 bridgehead atoms. The van der Waals surface area contributed by atoms with Crippen LogP contribution in [0.4, 0.5) is 5.69 Å². The van der Waals surface area contributed by atoms with Gasteiger partial charge in [-0.25, -0.2) is 5.43 Å². The normalized spacial score (nSPS) is 12.9. The fraction of sp³-hybridized carbons (Fsp3) is 0.242. The third-order valence-electron chi connectivity index (χ3n) is 6.48. The molecule has 0 saturated carbocycles. The second-order valence-corrected chi connectivity index (χ2v) is 10.4. The van der Waals surface area contributed by atoms with Gasteiger partial charge in [0.15, 0.2) is 0 Å². The molecule has 0 aliphatic heterocycles. The van der Waals surface area contributed by atoms with Crippen molar-refractivity contribution in [3.05, 3.63) is 113 Å². The molecule has 2 amide bonds. The third kappa shape index (κ3) is 8.56. The smallest absolute Gasteiger partial charge is 0.273 e. The minimum Gasteiger partial charge on any atom is -0.392 e. The van der Waals surface area contributed by atoms with Gasteiger partial charge in [0.1, 0.15) is 0 Å². The van der Waals surface area contributed by atoms with Crippen molar-refractivity contribution in [2.24, 2.45) is 5.10 Å². The van der Waals surface area contributed by atoms with Crippen molar-refractivity contribution in [2.45, 2.75) is 39.5 Å². The highest BCUT2D eigenvalue weighted by Crippen LogP contribution is 2.25. The third-order valence-corrected chi connectivity index (χ3v) is 6.48. The first-order chi connectivity index (χ1) is 19.7. The number of nitrogens with zero attached hydrogens (tertiary/aromatic N) is 2. The lowest BCUT2D eigenvalue weighted by Gasteiger charge is -2.25. The zero-order valence-corrected chi connectivity index (χ0v) is 23.5. The number of amides is 2. The van der Waals surface area contributed by atoms with Crippen LogP contribution in [0.2, 0.25) is 0 Å². The summed E-state index contributed by atoms with van der Waals surface area (Å²) in [6, 6.07) is 26.1. The number of hydrazone groups is 1. The fourth-order valence-electron chi connectivity index (χ4n) is 4.62. The second kappa shape index (κ2) is 13.8. The van der Waals surface area contributed by atoms with E-state index >= 15 is 0 Å². The molecule has 2 unspecified atom stereocenters. The largest absolute Gasteiger partial charge is 0.392 e. The highest BCUT2D eigenvalue weighted by Gasteiger charge is 2.17. The molecule has 0 aromatic heterocycles. The van der Waals surface area contributed by atoms with Gasteiger partial charge in [0.25, 0.3) is 11.8 Å². The van der Waals surface area contributed by atoms with E-state index in [0.717, 1.165) is 27.5 Å². The Bertz CT molecular complexity index is 1520. The molecular weight excluding hydrogens is 516 g/mol. The van der Waals surface area contributed by atoms with Crippen molar-refractivity contribution in [3.8, 4) is 0 Å². The average molecular weight is 553 g/mol. The lowest BCUT2D eigenvalue weighted by molar-refractivity contribution is 0.0793. The minimum absolute atomic E-state index is 0.286. The molecule has 8 nitrogen and oxygen atoms in total. The van der Waals surface area contributed by atoms with Crippen LogP contribution in [0.1, 0.15) is 51.3 Å². The first-order valence-corrected chi connectivity index (χ1v) is 13.6. The summed E-state index contributed by atoms with van der Waals surface area (Å²) >= 11 is 0. The molecule has 0 radical (unpaired) electrons. The maximum absolute atomic E-state index is 13.4. The van der Waals surface area contributed by atoms with Crippen LogP contribution in [0.25, 0.3) is 10.8 Å².